The lowest BCUT2D eigenvalue weighted by Gasteiger charge is -2.08. The van der Waals surface area contributed by atoms with Crippen LogP contribution in [0.25, 0.3) is 0 Å². The summed E-state index contributed by atoms with van der Waals surface area (Å²) in [6.45, 7) is 4.46. The molecule has 0 fully saturated rings. The summed E-state index contributed by atoms with van der Waals surface area (Å²) >= 11 is 9.55. The Morgan fingerprint density at radius 1 is 1.22 bits per heavy atom. The van der Waals surface area contributed by atoms with Crippen molar-refractivity contribution in [3.63, 3.8) is 0 Å². The van der Waals surface area contributed by atoms with Crippen molar-refractivity contribution in [1.82, 2.24) is 10.6 Å². The van der Waals surface area contributed by atoms with Crippen LogP contribution in [0.5, 0.6) is 0 Å². The molecule has 2 N–H and O–H groups in total. The lowest BCUT2D eigenvalue weighted by Crippen LogP contribution is -2.24. The zero-order valence-electron chi connectivity index (χ0n) is 10.6. The maximum absolute atomic E-state index is 6.11. The van der Waals surface area contributed by atoms with Gasteiger partial charge in [0.25, 0.3) is 0 Å². The van der Waals surface area contributed by atoms with E-state index < -0.39 is 0 Å². The quantitative estimate of drug-likeness (QED) is 0.681. The third-order valence-electron chi connectivity index (χ3n) is 2.51. The lowest BCUT2D eigenvalue weighted by molar-refractivity contribution is 0.199. The first-order valence-electron chi connectivity index (χ1n) is 6.08. The zero-order valence-corrected chi connectivity index (χ0v) is 13.0. The Kier molecular flexibility index (Phi) is 8.63. The predicted octanol–water partition coefficient (Wildman–Crippen LogP) is 2.82. The summed E-state index contributed by atoms with van der Waals surface area (Å²) in [4.78, 5) is 0. The van der Waals surface area contributed by atoms with Gasteiger partial charge in [0.15, 0.2) is 0 Å². The molecule has 0 spiro atoms. The number of methoxy groups -OCH3 is 1. The minimum atomic E-state index is 0.765. The van der Waals surface area contributed by atoms with Gasteiger partial charge in [0.05, 0.1) is 6.61 Å². The standard InChI is InChI=1S/C13H20BrClN2O/c1-18-8-7-16-5-2-6-17-10-11-9-12(14)3-4-13(11)15/h3-4,9,16-17H,2,5-8,10H2,1H3. The van der Waals surface area contributed by atoms with Crippen molar-refractivity contribution in [1.29, 1.82) is 0 Å². The second kappa shape index (κ2) is 9.75. The second-order valence-electron chi connectivity index (χ2n) is 4.01. The van der Waals surface area contributed by atoms with Crippen molar-refractivity contribution in [2.75, 3.05) is 33.4 Å². The highest BCUT2D eigenvalue weighted by Gasteiger charge is 2.00. The smallest absolute Gasteiger partial charge is 0.0587 e. The lowest BCUT2D eigenvalue weighted by atomic mass is 10.2. The molecule has 1 aromatic carbocycles. The van der Waals surface area contributed by atoms with Crippen molar-refractivity contribution in [3.05, 3.63) is 33.3 Å². The summed E-state index contributed by atoms with van der Waals surface area (Å²) in [5.41, 5.74) is 1.12. The summed E-state index contributed by atoms with van der Waals surface area (Å²) in [6, 6.07) is 5.91. The number of halogens is 2. The van der Waals surface area contributed by atoms with E-state index in [9.17, 15) is 0 Å². The van der Waals surface area contributed by atoms with Gasteiger partial charge in [0.1, 0.15) is 0 Å². The van der Waals surface area contributed by atoms with Gasteiger partial charge in [-0.25, -0.2) is 0 Å². The van der Waals surface area contributed by atoms with E-state index >= 15 is 0 Å². The molecule has 0 heterocycles. The average molecular weight is 336 g/mol. The van der Waals surface area contributed by atoms with Crippen LogP contribution in [0.4, 0.5) is 0 Å². The Morgan fingerprint density at radius 2 is 2.00 bits per heavy atom. The first kappa shape index (κ1) is 15.9. The minimum absolute atomic E-state index is 0.765. The van der Waals surface area contributed by atoms with E-state index in [0.717, 1.165) is 54.3 Å². The summed E-state index contributed by atoms with van der Waals surface area (Å²) in [6.07, 6.45) is 1.09. The highest BCUT2D eigenvalue weighted by molar-refractivity contribution is 9.10. The molecule has 0 unspecified atom stereocenters. The first-order valence-corrected chi connectivity index (χ1v) is 7.25. The normalized spacial score (nSPS) is 10.8. The van der Waals surface area contributed by atoms with Crippen molar-refractivity contribution in [3.8, 4) is 0 Å². The van der Waals surface area contributed by atoms with Crippen LogP contribution in [-0.4, -0.2) is 33.4 Å². The average Bonchev–Trinajstić information content (AvgIpc) is 2.36. The van der Waals surface area contributed by atoms with E-state index in [4.69, 9.17) is 16.3 Å². The molecular formula is C13H20BrClN2O. The topological polar surface area (TPSA) is 33.3 Å². The zero-order chi connectivity index (χ0) is 13.2. The highest BCUT2D eigenvalue weighted by Crippen LogP contribution is 2.20. The molecule has 1 rings (SSSR count). The third-order valence-corrected chi connectivity index (χ3v) is 3.38. The van der Waals surface area contributed by atoms with Crippen molar-refractivity contribution in [2.45, 2.75) is 13.0 Å². The van der Waals surface area contributed by atoms with E-state index in [0.29, 0.717) is 0 Å². The monoisotopic (exact) mass is 334 g/mol. The molecular weight excluding hydrogens is 316 g/mol. The van der Waals surface area contributed by atoms with E-state index in [1.807, 2.05) is 18.2 Å². The molecule has 0 aromatic heterocycles. The molecule has 0 aliphatic rings. The van der Waals surface area contributed by atoms with Crippen LogP contribution >= 0.6 is 27.5 Å². The molecule has 18 heavy (non-hydrogen) atoms. The predicted molar refractivity (Wildman–Crippen MR) is 80.2 cm³/mol. The van der Waals surface area contributed by atoms with E-state index in [2.05, 4.69) is 26.6 Å². The van der Waals surface area contributed by atoms with Gasteiger partial charge >= 0.3 is 0 Å². The maximum atomic E-state index is 6.11. The molecule has 0 aliphatic heterocycles. The summed E-state index contributed by atoms with van der Waals surface area (Å²) < 4.78 is 6.01. The Hall–Kier alpha value is -0.130. The van der Waals surface area contributed by atoms with Crippen LogP contribution in [-0.2, 0) is 11.3 Å². The number of hydrogen-bond donors (Lipinski definition) is 2. The molecule has 0 saturated heterocycles. The first-order chi connectivity index (χ1) is 8.74. The van der Waals surface area contributed by atoms with E-state index in [1.54, 1.807) is 7.11 Å². The molecule has 102 valence electrons. The molecule has 0 radical (unpaired) electrons. The van der Waals surface area contributed by atoms with Gasteiger partial charge in [0.2, 0.25) is 0 Å². The van der Waals surface area contributed by atoms with Gasteiger partial charge in [-0.15, -0.1) is 0 Å². The highest BCUT2D eigenvalue weighted by atomic mass is 79.9. The molecule has 0 atom stereocenters. The van der Waals surface area contributed by atoms with Gasteiger partial charge in [-0.1, -0.05) is 27.5 Å². The van der Waals surface area contributed by atoms with Gasteiger partial charge in [-0.3, -0.25) is 0 Å². The number of rotatable bonds is 9. The Labute approximate surface area is 122 Å². The Balaban J connectivity index is 2.09. The van der Waals surface area contributed by atoms with Crippen LogP contribution < -0.4 is 10.6 Å². The second-order valence-corrected chi connectivity index (χ2v) is 5.33. The van der Waals surface area contributed by atoms with E-state index in [1.165, 1.54) is 0 Å². The fourth-order valence-electron chi connectivity index (χ4n) is 1.54. The van der Waals surface area contributed by atoms with Crippen molar-refractivity contribution >= 4 is 27.5 Å². The number of hydrogen-bond acceptors (Lipinski definition) is 3. The van der Waals surface area contributed by atoms with Crippen LogP contribution in [0, 0.1) is 0 Å². The molecule has 0 aliphatic carbocycles. The van der Waals surface area contributed by atoms with Crippen molar-refractivity contribution < 1.29 is 4.74 Å². The summed E-state index contributed by atoms with van der Waals surface area (Å²) in [7, 11) is 1.71. The molecule has 3 nitrogen and oxygen atoms in total. The van der Waals surface area contributed by atoms with Gasteiger partial charge in [-0.05, 0) is 43.3 Å². The minimum Gasteiger partial charge on any atom is -0.383 e. The van der Waals surface area contributed by atoms with E-state index in [-0.39, 0.29) is 0 Å². The van der Waals surface area contributed by atoms with Crippen LogP contribution in [0.3, 0.4) is 0 Å². The van der Waals surface area contributed by atoms with Crippen LogP contribution in [0.15, 0.2) is 22.7 Å². The molecule has 0 bridgehead atoms. The SMILES string of the molecule is COCCNCCCNCc1cc(Br)ccc1Cl. The number of ether oxygens (including phenoxy) is 1. The summed E-state index contributed by atoms with van der Waals surface area (Å²) in [5.74, 6) is 0. The van der Waals surface area contributed by atoms with Gasteiger partial charge in [0, 0.05) is 29.7 Å². The van der Waals surface area contributed by atoms with Crippen molar-refractivity contribution in [2.24, 2.45) is 0 Å². The number of benzene rings is 1. The molecule has 0 saturated carbocycles. The van der Waals surface area contributed by atoms with Crippen LogP contribution in [0.2, 0.25) is 5.02 Å². The molecule has 1 aromatic rings. The van der Waals surface area contributed by atoms with Gasteiger partial charge in [-0.2, -0.15) is 0 Å². The maximum Gasteiger partial charge on any atom is 0.0587 e. The molecule has 0 amide bonds. The van der Waals surface area contributed by atoms with Crippen LogP contribution in [0.1, 0.15) is 12.0 Å². The summed E-state index contributed by atoms with van der Waals surface area (Å²) in [5, 5.41) is 7.50. The number of nitrogens with one attached hydrogen (secondary N) is 2. The van der Waals surface area contributed by atoms with Gasteiger partial charge < -0.3 is 15.4 Å². The Bertz CT molecular complexity index is 350. The Morgan fingerprint density at radius 3 is 2.78 bits per heavy atom. The largest absolute Gasteiger partial charge is 0.383 e. The molecule has 5 heteroatoms. The third kappa shape index (κ3) is 6.71. The fraction of sp³-hybridized carbons (Fsp3) is 0.538. The fourth-order valence-corrected chi connectivity index (χ4v) is 2.13.